The first-order valence-electron chi connectivity index (χ1n) is 3.14. The highest BCUT2D eigenvalue weighted by molar-refractivity contribution is 7.36. The molecule has 0 fully saturated rings. The van der Waals surface area contributed by atoms with Gasteiger partial charge in [0.25, 0.3) is 0 Å². The first kappa shape index (κ1) is 4.36. The topological polar surface area (TPSA) is 0 Å². The van der Waals surface area contributed by atoms with E-state index in [4.69, 9.17) is 1.37 Å². The first-order valence-corrected chi connectivity index (χ1v) is 4.28. The Morgan fingerprint density at radius 3 is 2.33 bits per heavy atom. The Morgan fingerprint density at radius 2 is 1.78 bits per heavy atom. The summed E-state index contributed by atoms with van der Waals surface area (Å²) in [7, 11) is 0. The molecule has 0 atom stereocenters. The van der Waals surface area contributed by atoms with E-state index in [2.05, 4.69) is 12.1 Å². The van der Waals surface area contributed by atoms with Crippen LogP contribution in [0.25, 0.3) is 9.40 Å². The van der Waals surface area contributed by atoms with Crippen LogP contribution in [0, 0.1) is 0 Å². The molecule has 1 aromatic heterocycles. The lowest BCUT2D eigenvalue weighted by atomic mass is 10.4. The van der Waals surface area contributed by atoms with Gasteiger partial charge >= 0.3 is 0 Å². The second kappa shape index (κ2) is 2.05. The zero-order valence-corrected chi connectivity index (χ0v) is 6.26. The quantitative estimate of drug-likeness (QED) is 0.511. The van der Waals surface area contributed by atoms with E-state index in [0.717, 1.165) is 0 Å². The lowest BCUT2D eigenvalue weighted by Crippen LogP contribution is -1.54. The van der Waals surface area contributed by atoms with Gasteiger partial charge < -0.3 is 0 Å². The average Bonchev–Trinajstić information content (AvgIpc) is 2.27. The highest BCUT2D eigenvalue weighted by Gasteiger charge is 2.01. The van der Waals surface area contributed by atoms with Gasteiger partial charge in [-0.25, -0.2) is 0 Å². The predicted octanol–water partition coefficient (Wildman–Crippen LogP) is 3.24. The maximum Gasteiger partial charge on any atom is 0.191 e. The summed E-state index contributed by atoms with van der Waals surface area (Å²) in [5.41, 5.74) is 0. The summed E-state index contributed by atoms with van der Waals surface area (Å²) in [6.45, 7) is 0. The molecule has 1 heterocycles. The Morgan fingerprint density at radius 1 is 1.22 bits per heavy atom. The molecular weight excluding hydrogens is 148 g/mol. The fraction of sp³-hybridized carbons (Fsp3) is 0. The Kier molecular flexibility index (Phi) is 0.991. The molecule has 1 aromatic carbocycles. The van der Waals surface area contributed by atoms with Gasteiger partial charge in [0, 0.05) is 34.8 Å². The third-order valence-corrected chi connectivity index (χ3v) is 3.10. The van der Waals surface area contributed by atoms with Crippen molar-refractivity contribution in [1.82, 2.24) is 0 Å². The summed E-state index contributed by atoms with van der Waals surface area (Å²) in [6.07, 6.45) is 0. The smallest absolute Gasteiger partial charge is 0.0449 e. The van der Waals surface area contributed by atoms with Crippen molar-refractivity contribution in [2.75, 3.05) is 0 Å². The lowest BCUT2D eigenvalue weighted by molar-refractivity contribution is 1.88. The highest BCUT2D eigenvalue weighted by atomic mass is 32.2. The molecule has 9 heavy (non-hydrogen) atoms. The van der Waals surface area contributed by atoms with Crippen LogP contribution >= 0.6 is 22.7 Å². The molecule has 0 nitrogen and oxygen atoms in total. The summed E-state index contributed by atoms with van der Waals surface area (Å²) in [5, 5.41) is 0. The molecule has 0 aliphatic heterocycles. The van der Waals surface area contributed by atoms with Gasteiger partial charge in [-0.1, -0.05) is 0 Å². The van der Waals surface area contributed by atoms with E-state index in [9.17, 15) is 0 Å². The minimum absolute atomic E-state index is 0.682. The van der Waals surface area contributed by atoms with E-state index >= 15 is 0 Å². The largest absolute Gasteiger partial charge is 0.191 e. The Balaban J connectivity index is 2.88. The standard InChI is InChI=1S/C7H5S2/c1-2-4-7-6(3-1)8-5-9-7/h1-5H/q+1/i5D. The fourth-order valence-electron chi connectivity index (χ4n) is 0.729. The van der Waals surface area contributed by atoms with Gasteiger partial charge in [-0.05, 0) is 12.1 Å². The predicted molar refractivity (Wildman–Crippen MR) is 44.1 cm³/mol. The van der Waals surface area contributed by atoms with Crippen molar-refractivity contribution in [1.29, 1.82) is 0 Å². The third-order valence-electron chi connectivity index (χ3n) is 1.15. The van der Waals surface area contributed by atoms with E-state index in [1.165, 1.54) is 32.1 Å². The molecule has 2 aromatic rings. The maximum atomic E-state index is 7.36. The number of benzene rings is 1. The van der Waals surface area contributed by atoms with E-state index in [1.807, 2.05) is 12.1 Å². The Hall–Kier alpha value is -0.470. The van der Waals surface area contributed by atoms with Crippen molar-refractivity contribution in [2.24, 2.45) is 0 Å². The summed E-state index contributed by atoms with van der Waals surface area (Å²) >= 11 is 3.07. The normalized spacial score (nSPS) is 11.8. The molecule has 0 radical (unpaired) electrons. The van der Waals surface area contributed by atoms with Crippen LogP contribution in [0.5, 0.6) is 0 Å². The summed E-state index contributed by atoms with van der Waals surface area (Å²) in [6, 6.07) is 8.11. The zero-order valence-electron chi connectivity index (χ0n) is 5.63. The second-order valence-electron chi connectivity index (χ2n) is 1.73. The van der Waals surface area contributed by atoms with E-state index in [1.54, 1.807) is 0 Å². The van der Waals surface area contributed by atoms with Gasteiger partial charge in [-0.15, -0.1) is 0 Å². The minimum Gasteiger partial charge on any atom is -0.0449 e. The number of fused-ring (bicyclic) bond motifs is 1. The van der Waals surface area contributed by atoms with Gasteiger partial charge in [0.2, 0.25) is 0 Å². The van der Waals surface area contributed by atoms with E-state index in [-0.39, 0.29) is 0 Å². The molecule has 0 saturated heterocycles. The monoisotopic (exact) mass is 154 g/mol. The van der Waals surface area contributed by atoms with Gasteiger partial charge in [0.05, 0.1) is 0 Å². The number of hydrogen-bond donors (Lipinski definition) is 0. The van der Waals surface area contributed by atoms with E-state index < -0.39 is 0 Å². The Labute approximate surface area is 62.8 Å². The molecule has 0 aliphatic rings. The fourth-order valence-corrected chi connectivity index (χ4v) is 2.49. The highest BCUT2D eigenvalue weighted by Crippen LogP contribution is 2.24. The summed E-state index contributed by atoms with van der Waals surface area (Å²) in [4.78, 5) is 0. The molecule has 0 aliphatic carbocycles. The van der Waals surface area contributed by atoms with Gasteiger partial charge in [-0.3, -0.25) is 0 Å². The van der Waals surface area contributed by atoms with Crippen molar-refractivity contribution in [3.63, 3.8) is 0 Å². The van der Waals surface area contributed by atoms with Crippen molar-refractivity contribution in [3.8, 4) is 0 Å². The van der Waals surface area contributed by atoms with Crippen molar-refractivity contribution >= 4 is 32.1 Å². The minimum atomic E-state index is 0.682. The van der Waals surface area contributed by atoms with Crippen LogP contribution in [0.4, 0.5) is 0 Å². The Bertz CT molecular complexity index is 320. The van der Waals surface area contributed by atoms with Gasteiger partial charge in [-0.2, -0.15) is 0 Å². The van der Waals surface area contributed by atoms with Crippen LogP contribution in [-0.2, 0) is 0 Å². The third kappa shape index (κ3) is 0.843. The zero-order chi connectivity index (χ0) is 6.97. The van der Waals surface area contributed by atoms with Gasteiger partial charge in [0.15, 0.2) is 15.4 Å². The van der Waals surface area contributed by atoms with Crippen LogP contribution in [0.1, 0.15) is 1.37 Å². The van der Waals surface area contributed by atoms with Crippen LogP contribution in [0.2, 0.25) is 0 Å². The van der Waals surface area contributed by atoms with Crippen LogP contribution in [0.15, 0.2) is 28.9 Å². The number of rotatable bonds is 0. The molecule has 44 valence electrons. The average molecular weight is 154 g/mol. The van der Waals surface area contributed by atoms with Crippen LogP contribution in [-0.4, -0.2) is 0 Å². The molecule has 2 rings (SSSR count). The summed E-state index contributed by atoms with van der Waals surface area (Å²) < 4.78 is 10.5. The van der Waals surface area contributed by atoms with Crippen molar-refractivity contribution in [3.05, 3.63) is 28.9 Å². The first-order chi connectivity index (χ1) is 4.86. The number of hydrogen-bond acceptors (Lipinski definition) is 2. The molecular formula is C7H5S2+. The van der Waals surface area contributed by atoms with E-state index in [0.29, 0.717) is 4.67 Å². The van der Waals surface area contributed by atoms with Crippen molar-refractivity contribution in [2.45, 2.75) is 0 Å². The van der Waals surface area contributed by atoms with Crippen LogP contribution in [0.3, 0.4) is 0 Å². The SMILES string of the molecule is [2H][c+]1sc2ccccc2s1. The molecule has 0 unspecified atom stereocenters. The molecule has 0 bridgehead atoms. The molecule has 2 heteroatoms. The molecule has 0 spiro atoms. The lowest BCUT2D eigenvalue weighted by Gasteiger charge is -1.71. The molecule has 0 N–H and O–H groups in total. The second-order valence-corrected chi connectivity index (χ2v) is 3.69. The maximum absolute atomic E-state index is 7.36. The summed E-state index contributed by atoms with van der Waals surface area (Å²) in [5.74, 6) is 0. The van der Waals surface area contributed by atoms with Crippen LogP contribution < -0.4 is 0 Å². The molecule has 0 saturated carbocycles. The molecule has 0 amide bonds. The van der Waals surface area contributed by atoms with Gasteiger partial charge in [0.1, 0.15) is 0 Å². The van der Waals surface area contributed by atoms with Crippen molar-refractivity contribution < 1.29 is 1.37 Å².